The number of rotatable bonds is 3. The summed E-state index contributed by atoms with van der Waals surface area (Å²) in [5.74, 6) is 0. The van der Waals surface area contributed by atoms with Gasteiger partial charge in [-0.2, -0.15) is 5.48 Å². The minimum atomic E-state index is -0.134. The molecule has 0 heterocycles. The first-order valence-electron chi connectivity index (χ1n) is 4.03. The SMILES string of the molecule is CC[C@@H](NO)c1ccc(Cl)cc1Cl. The summed E-state index contributed by atoms with van der Waals surface area (Å²) < 4.78 is 0. The molecule has 0 unspecified atom stereocenters. The molecule has 1 atom stereocenters. The molecule has 0 aliphatic carbocycles. The maximum Gasteiger partial charge on any atom is 0.0581 e. The Hall–Kier alpha value is -0.280. The Morgan fingerprint density at radius 2 is 2.15 bits per heavy atom. The Labute approximate surface area is 87.4 Å². The van der Waals surface area contributed by atoms with Gasteiger partial charge in [0.15, 0.2) is 0 Å². The van der Waals surface area contributed by atoms with Gasteiger partial charge in [0.2, 0.25) is 0 Å². The summed E-state index contributed by atoms with van der Waals surface area (Å²) in [5.41, 5.74) is 3.06. The van der Waals surface area contributed by atoms with E-state index in [1.807, 2.05) is 13.0 Å². The molecule has 2 N–H and O–H groups in total. The second kappa shape index (κ2) is 4.82. The number of halogens is 2. The Morgan fingerprint density at radius 3 is 2.62 bits per heavy atom. The van der Waals surface area contributed by atoms with E-state index in [9.17, 15) is 0 Å². The van der Waals surface area contributed by atoms with Crippen LogP contribution in [0.4, 0.5) is 0 Å². The van der Waals surface area contributed by atoms with Crippen molar-refractivity contribution in [2.75, 3.05) is 0 Å². The van der Waals surface area contributed by atoms with Gasteiger partial charge in [-0.1, -0.05) is 36.2 Å². The lowest BCUT2D eigenvalue weighted by Crippen LogP contribution is -2.16. The number of hydrogen-bond acceptors (Lipinski definition) is 2. The second-order valence-electron chi connectivity index (χ2n) is 2.76. The van der Waals surface area contributed by atoms with E-state index in [-0.39, 0.29) is 6.04 Å². The van der Waals surface area contributed by atoms with Crippen LogP contribution in [0.25, 0.3) is 0 Å². The van der Waals surface area contributed by atoms with Crippen LogP contribution in [0, 0.1) is 0 Å². The van der Waals surface area contributed by atoms with Crippen LogP contribution in [0.5, 0.6) is 0 Å². The van der Waals surface area contributed by atoms with E-state index in [0.29, 0.717) is 10.0 Å². The summed E-state index contributed by atoms with van der Waals surface area (Å²) in [4.78, 5) is 0. The van der Waals surface area contributed by atoms with Gasteiger partial charge < -0.3 is 5.21 Å². The third-order valence-electron chi connectivity index (χ3n) is 1.90. The van der Waals surface area contributed by atoms with Crippen LogP contribution in [0.1, 0.15) is 24.9 Å². The predicted octanol–water partition coefficient (Wildman–Crippen LogP) is 3.42. The lowest BCUT2D eigenvalue weighted by atomic mass is 10.1. The van der Waals surface area contributed by atoms with Crippen LogP contribution in [0.3, 0.4) is 0 Å². The number of hydrogen-bond donors (Lipinski definition) is 2. The van der Waals surface area contributed by atoms with Crippen molar-refractivity contribution in [3.8, 4) is 0 Å². The summed E-state index contributed by atoms with van der Waals surface area (Å²) in [6, 6.07) is 5.09. The molecule has 0 saturated carbocycles. The zero-order chi connectivity index (χ0) is 9.84. The largest absolute Gasteiger partial charge is 0.316 e. The summed E-state index contributed by atoms with van der Waals surface area (Å²) in [5, 5.41) is 10.0. The van der Waals surface area contributed by atoms with E-state index >= 15 is 0 Å². The second-order valence-corrected chi connectivity index (χ2v) is 3.60. The molecule has 1 rings (SSSR count). The van der Waals surface area contributed by atoms with E-state index in [4.69, 9.17) is 28.4 Å². The van der Waals surface area contributed by atoms with Gasteiger partial charge >= 0.3 is 0 Å². The highest BCUT2D eigenvalue weighted by molar-refractivity contribution is 6.35. The van der Waals surface area contributed by atoms with Crippen molar-refractivity contribution in [2.45, 2.75) is 19.4 Å². The third-order valence-corrected chi connectivity index (χ3v) is 2.46. The molecule has 0 aromatic heterocycles. The third kappa shape index (κ3) is 2.58. The van der Waals surface area contributed by atoms with E-state index < -0.39 is 0 Å². The first-order valence-corrected chi connectivity index (χ1v) is 4.79. The highest BCUT2D eigenvalue weighted by Gasteiger charge is 2.11. The number of hydroxylamine groups is 1. The zero-order valence-electron chi connectivity index (χ0n) is 7.22. The van der Waals surface area contributed by atoms with Gasteiger partial charge in [0.05, 0.1) is 6.04 Å². The molecule has 1 aromatic rings. The summed E-state index contributed by atoms with van der Waals surface area (Å²) in [7, 11) is 0. The molecule has 0 aliphatic rings. The average Bonchev–Trinajstić information content (AvgIpc) is 2.10. The molecular formula is C9H11Cl2NO. The van der Waals surface area contributed by atoms with Gasteiger partial charge in [-0.05, 0) is 24.1 Å². The smallest absolute Gasteiger partial charge is 0.0581 e. The van der Waals surface area contributed by atoms with Crippen molar-refractivity contribution < 1.29 is 5.21 Å². The van der Waals surface area contributed by atoms with E-state index in [1.54, 1.807) is 12.1 Å². The molecule has 1 aromatic carbocycles. The molecule has 0 fully saturated rings. The van der Waals surface area contributed by atoms with Gasteiger partial charge in [0.1, 0.15) is 0 Å². The monoisotopic (exact) mass is 219 g/mol. The molecular weight excluding hydrogens is 209 g/mol. The standard InChI is InChI=1S/C9H11Cl2NO/c1-2-9(12-13)7-4-3-6(10)5-8(7)11/h3-5,9,12-13H,2H2,1H3/t9-/m1/s1. The Bertz CT molecular complexity index is 287. The molecule has 0 bridgehead atoms. The molecule has 0 saturated heterocycles. The maximum atomic E-state index is 8.83. The maximum absolute atomic E-state index is 8.83. The normalized spacial score (nSPS) is 12.9. The fourth-order valence-corrected chi connectivity index (χ4v) is 1.71. The van der Waals surface area contributed by atoms with Crippen LogP contribution >= 0.6 is 23.2 Å². The highest BCUT2D eigenvalue weighted by Crippen LogP contribution is 2.27. The molecule has 0 aliphatic heterocycles. The van der Waals surface area contributed by atoms with Crippen LogP contribution < -0.4 is 5.48 Å². The van der Waals surface area contributed by atoms with Crippen molar-refractivity contribution in [1.29, 1.82) is 0 Å². The first-order chi connectivity index (χ1) is 6.19. The summed E-state index contributed by atoms with van der Waals surface area (Å²) in [6.07, 6.45) is 0.762. The van der Waals surface area contributed by atoms with Crippen molar-refractivity contribution in [3.05, 3.63) is 33.8 Å². The lowest BCUT2D eigenvalue weighted by Gasteiger charge is -2.14. The lowest BCUT2D eigenvalue weighted by molar-refractivity contribution is 0.124. The van der Waals surface area contributed by atoms with Crippen LogP contribution in [-0.2, 0) is 0 Å². The molecule has 0 spiro atoms. The van der Waals surface area contributed by atoms with Crippen molar-refractivity contribution in [3.63, 3.8) is 0 Å². The molecule has 72 valence electrons. The van der Waals surface area contributed by atoms with E-state index in [1.165, 1.54) is 0 Å². The molecule has 2 nitrogen and oxygen atoms in total. The van der Waals surface area contributed by atoms with Crippen molar-refractivity contribution in [1.82, 2.24) is 5.48 Å². The Kier molecular flexibility index (Phi) is 4.00. The van der Waals surface area contributed by atoms with Crippen molar-refractivity contribution in [2.24, 2.45) is 0 Å². The quantitative estimate of drug-likeness (QED) is 0.765. The highest BCUT2D eigenvalue weighted by atomic mass is 35.5. The van der Waals surface area contributed by atoms with Gasteiger partial charge in [-0.25, -0.2) is 0 Å². The summed E-state index contributed by atoms with van der Waals surface area (Å²) in [6.45, 7) is 1.96. The van der Waals surface area contributed by atoms with Crippen LogP contribution in [0.2, 0.25) is 10.0 Å². The van der Waals surface area contributed by atoms with Gasteiger partial charge in [-0.15, -0.1) is 0 Å². The molecule has 0 radical (unpaired) electrons. The van der Waals surface area contributed by atoms with Gasteiger partial charge in [0, 0.05) is 10.0 Å². The number of benzene rings is 1. The Morgan fingerprint density at radius 1 is 1.46 bits per heavy atom. The van der Waals surface area contributed by atoms with Gasteiger partial charge in [-0.3, -0.25) is 0 Å². The minimum Gasteiger partial charge on any atom is -0.316 e. The number of nitrogens with one attached hydrogen (secondary N) is 1. The van der Waals surface area contributed by atoms with Crippen LogP contribution in [0.15, 0.2) is 18.2 Å². The van der Waals surface area contributed by atoms with Crippen LogP contribution in [-0.4, -0.2) is 5.21 Å². The summed E-state index contributed by atoms with van der Waals surface area (Å²) >= 11 is 11.7. The minimum absolute atomic E-state index is 0.134. The Balaban J connectivity index is 2.99. The van der Waals surface area contributed by atoms with Crippen molar-refractivity contribution >= 4 is 23.2 Å². The zero-order valence-corrected chi connectivity index (χ0v) is 8.73. The topological polar surface area (TPSA) is 32.3 Å². The van der Waals surface area contributed by atoms with E-state index in [0.717, 1.165) is 12.0 Å². The average molecular weight is 220 g/mol. The molecule has 13 heavy (non-hydrogen) atoms. The fourth-order valence-electron chi connectivity index (χ4n) is 1.16. The molecule has 0 amide bonds. The van der Waals surface area contributed by atoms with Gasteiger partial charge in [0.25, 0.3) is 0 Å². The molecule has 4 heteroatoms. The fraction of sp³-hybridized carbons (Fsp3) is 0.333. The van der Waals surface area contributed by atoms with E-state index in [2.05, 4.69) is 5.48 Å². The predicted molar refractivity (Wildman–Crippen MR) is 54.4 cm³/mol. The first kappa shape index (κ1) is 10.8.